The Hall–Kier alpha value is -4.93. The van der Waals surface area contributed by atoms with E-state index in [9.17, 15) is 9.59 Å². The highest BCUT2D eigenvalue weighted by molar-refractivity contribution is 8.00. The number of hydrogen-bond acceptors (Lipinski definition) is 8. The van der Waals surface area contributed by atoms with Crippen LogP contribution in [0.25, 0.3) is 39.0 Å². The first-order valence-corrected chi connectivity index (χ1v) is 18.2. The maximum atomic E-state index is 13.9. The Morgan fingerprint density at radius 1 is 0.880 bits per heavy atom. The molecule has 5 aromatic rings. The number of anilines is 1. The molecule has 254 valence electrons. The predicted octanol–water partition coefficient (Wildman–Crippen LogP) is 6.74. The molecule has 0 radical (unpaired) electrons. The molecule has 2 aliphatic heterocycles. The summed E-state index contributed by atoms with van der Waals surface area (Å²) in [6, 6.07) is 20.4. The van der Waals surface area contributed by atoms with Crippen molar-refractivity contribution in [2.75, 3.05) is 44.3 Å². The summed E-state index contributed by atoms with van der Waals surface area (Å²) >= 11 is 1.56. The quantitative estimate of drug-likeness (QED) is 0.192. The molecule has 9 nitrogen and oxygen atoms in total. The fraction of sp³-hybridized carbons (Fsp3) is 0.300. The Morgan fingerprint density at radius 3 is 2.38 bits per heavy atom. The molecule has 0 aliphatic carbocycles. The van der Waals surface area contributed by atoms with E-state index in [1.165, 1.54) is 5.57 Å². The monoisotopic (exact) mass is 683 g/mol. The van der Waals surface area contributed by atoms with Gasteiger partial charge in [0.2, 0.25) is 11.8 Å². The van der Waals surface area contributed by atoms with Gasteiger partial charge in [0.05, 0.1) is 12.2 Å². The van der Waals surface area contributed by atoms with Crippen LogP contribution in [-0.4, -0.2) is 85.3 Å². The maximum Gasteiger partial charge on any atom is 0.241 e. The molecule has 5 heterocycles. The molecule has 1 N–H and O–H groups in total. The van der Waals surface area contributed by atoms with Crippen molar-refractivity contribution in [3.8, 4) is 22.6 Å². The number of carbonyl (C=O) groups excluding carboxylic acids is 2. The normalized spacial score (nSPS) is 17.9. The maximum absolute atomic E-state index is 13.9. The Bertz CT molecular complexity index is 2100. The number of thioether (sulfide) groups is 1. The third-order valence-electron chi connectivity index (χ3n) is 9.72. The minimum atomic E-state index is -0.642. The van der Waals surface area contributed by atoms with E-state index in [1.54, 1.807) is 18.0 Å². The SMILES string of the molecule is CSC1(C(=O)Nc2ccc3cc(C)nc(-c4ccnc(C)c4)c3c2)CCN(CC(=O)N2CC=C(c3ccc(-c4ncc(C)cn4)cc3)CC2)C1. The van der Waals surface area contributed by atoms with Crippen molar-refractivity contribution in [1.29, 1.82) is 0 Å². The number of amides is 2. The van der Waals surface area contributed by atoms with Gasteiger partial charge in [-0.05, 0) is 92.3 Å². The van der Waals surface area contributed by atoms with E-state index >= 15 is 0 Å². The Kier molecular flexibility index (Phi) is 9.48. The molecule has 2 amide bonds. The van der Waals surface area contributed by atoms with Crippen molar-refractivity contribution in [3.63, 3.8) is 0 Å². The second-order valence-electron chi connectivity index (χ2n) is 13.3. The average molecular weight is 684 g/mol. The number of benzene rings is 2. The number of nitrogens with zero attached hydrogens (tertiary/aromatic N) is 6. The van der Waals surface area contributed by atoms with E-state index < -0.39 is 4.75 Å². The summed E-state index contributed by atoms with van der Waals surface area (Å²) in [7, 11) is 0. The number of nitrogens with one attached hydrogen (secondary N) is 1. The van der Waals surface area contributed by atoms with E-state index in [-0.39, 0.29) is 11.8 Å². The molecule has 2 aliphatic rings. The summed E-state index contributed by atoms with van der Waals surface area (Å²) in [5, 5.41) is 5.25. The van der Waals surface area contributed by atoms with Crippen LogP contribution in [-0.2, 0) is 9.59 Å². The number of fused-ring (bicyclic) bond motifs is 1. The molecule has 10 heteroatoms. The first-order valence-electron chi connectivity index (χ1n) is 17.0. The third kappa shape index (κ3) is 7.04. The largest absolute Gasteiger partial charge is 0.338 e. The lowest BCUT2D eigenvalue weighted by atomic mass is 9.98. The van der Waals surface area contributed by atoms with Gasteiger partial charge in [-0.1, -0.05) is 36.4 Å². The van der Waals surface area contributed by atoms with Crippen LogP contribution < -0.4 is 5.32 Å². The van der Waals surface area contributed by atoms with Crippen LogP contribution in [0.1, 0.15) is 35.4 Å². The number of hydrogen-bond donors (Lipinski definition) is 1. The summed E-state index contributed by atoms with van der Waals surface area (Å²) in [5.74, 6) is 0.778. The lowest BCUT2D eigenvalue weighted by Gasteiger charge is -2.29. The zero-order chi connectivity index (χ0) is 34.8. The summed E-state index contributed by atoms with van der Waals surface area (Å²) in [5.41, 5.74) is 8.88. The van der Waals surface area contributed by atoms with Crippen molar-refractivity contribution in [1.82, 2.24) is 29.7 Å². The first-order chi connectivity index (χ1) is 24.2. The van der Waals surface area contributed by atoms with Crippen LogP contribution in [0, 0.1) is 20.8 Å². The number of aromatic nitrogens is 4. The van der Waals surface area contributed by atoms with Crippen molar-refractivity contribution in [2.24, 2.45) is 0 Å². The molecular weight excluding hydrogens is 643 g/mol. The molecule has 1 fully saturated rings. The van der Waals surface area contributed by atoms with Crippen molar-refractivity contribution in [2.45, 2.75) is 38.4 Å². The lowest BCUT2D eigenvalue weighted by Crippen LogP contribution is -2.45. The molecule has 1 saturated heterocycles. The smallest absolute Gasteiger partial charge is 0.241 e. The van der Waals surface area contributed by atoms with Crippen molar-refractivity contribution >= 4 is 45.6 Å². The molecule has 0 spiro atoms. The highest BCUT2D eigenvalue weighted by Crippen LogP contribution is 2.36. The topological polar surface area (TPSA) is 104 Å². The van der Waals surface area contributed by atoms with Crippen LogP contribution in [0.2, 0.25) is 0 Å². The zero-order valence-electron chi connectivity index (χ0n) is 28.9. The molecule has 0 saturated carbocycles. The van der Waals surface area contributed by atoms with Gasteiger partial charge in [-0.15, -0.1) is 11.8 Å². The van der Waals surface area contributed by atoms with Gasteiger partial charge >= 0.3 is 0 Å². The van der Waals surface area contributed by atoms with Gasteiger partial charge in [-0.2, -0.15) is 0 Å². The standard InChI is InChI=1S/C40H41N7O2S/c1-26-22-42-38(43-23-26)31-7-5-29(6-8-31)30-12-16-47(17-13-30)36(48)24-46-18-14-40(25-46,50-4)39(49)45-34-10-9-32-20-28(3)44-37(35(32)21-34)33-11-15-41-27(2)19-33/h5-12,15,19-23H,13-14,16-18,24-25H2,1-4H3,(H,45,49). The van der Waals surface area contributed by atoms with Crippen LogP contribution >= 0.6 is 11.8 Å². The summed E-state index contributed by atoms with van der Waals surface area (Å²) in [4.78, 5) is 49.4. The number of aryl methyl sites for hydroxylation is 3. The van der Waals surface area contributed by atoms with Gasteiger partial charge in [0.1, 0.15) is 4.75 Å². The Morgan fingerprint density at radius 2 is 1.66 bits per heavy atom. The second-order valence-corrected chi connectivity index (χ2v) is 14.5. The van der Waals surface area contributed by atoms with Gasteiger partial charge in [-0.3, -0.25) is 24.5 Å². The van der Waals surface area contributed by atoms with Gasteiger partial charge in [-0.25, -0.2) is 9.97 Å². The van der Waals surface area contributed by atoms with Gasteiger partial charge in [0, 0.05) is 78.4 Å². The minimum absolute atomic E-state index is 0.0359. The number of rotatable bonds is 8. The van der Waals surface area contributed by atoms with E-state index in [2.05, 4.69) is 61.6 Å². The zero-order valence-corrected chi connectivity index (χ0v) is 29.8. The summed E-state index contributed by atoms with van der Waals surface area (Å²) in [6.07, 6.45) is 11.1. The van der Waals surface area contributed by atoms with Crippen LogP contribution in [0.3, 0.4) is 0 Å². The number of likely N-dealkylation sites (tertiary alicyclic amines) is 1. The summed E-state index contributed by atoms with van der Waals surface area (Å²) in [6.45, 7) is 8.71. The number of pyridine rings is 2. The van der Waals surface area contributed by atoms with Gasteiger partial charge < -0.3 is 10.2 Å². The molecule has 3 aromatic heterocycles. The molecule has 50 heavy (non-hydrogen) atoms. The second kappa shape index (κ2) is 14.1. The van der Waals surface area contributed by atoms with Crippen molar-refractivity contribution < 1.29 is 9.59 Å². The summed E-state index contributed by atoms with van der Waals surface area (Å²) < 4.78 is -0.642. The van der Waals surface area contributed by atoms with E-state index in [1.807, 2.05) is 74.7 Å². The molecule has 1 unspecified atom stereocenters. The van der Waals surface area contributed by atoms with Gasteiger partial charge in [0.15, 0.2) is 5.82 Å². The lowest BCUT2D eigenvalue weighted by molar-refractivity contribution is -0.132. The molecular formula is C40H41N7O2S. The highest BCUT2D eigenvalue weighted by Gasteiger charge is 2.44. The van der Waals surface area contributed by atoms with Crippen molar-refractivity contribution in [3.05, 3.63) is 108 Å². The van der Waals surface area contributed by atoms with Crippen LogP contribution in [0.5, 0.6) is 0 Å². The molecule has 0 bridgehead atoms. The minimum Gasteiger partial charge on any atom is -0.338 e. The highest BCUT2D eigenvalue weighted by atomic mass is 32.2. The Balaban J connectivity index is 0.978. The van der Waals surface area contributed by atoms with E-state index in [0.717, 1.165) is 62.2 Å². The number of carbonyl (C=O) groups is 2. The van der Waals surface area contributed by atoms with Crippen LogP contribution in [0.15, 0.2) is 85.3 Å². The van der Waals surface area contributed by atoms with E-state index in [4.69, 9.17) is 4.98 Å². The fourth-order valence-electron chi connectivity index (χ4n) is 6.88. The fourth-order valence-corrected chi connectivity index (χ4v) is 7.72. The third-order valence-corrected chi connectivity index (χ3v) is 11.0. The molecule has 7 rings (SSSR count). The first kappa shape index (κ1) is 33.6. The Labute approximate surface area is 297 Å². The average Bonchev–Trinajstić information content (AvgIpc) is 3.56. The van der Waals surface area contributed by atoms with E-state index in [0.29, 0.717) is 45.0 Å². The van der Waals surface area contributed by atoms with Gasteiger partial charge in [0.25, 0.3) is 0 Å². The predicted molar refractivity (Wildman–Crippen MR) is 202 cm³/mol. The molecule has 2 aromatic carbocycles. The molecule has 1 atom stereocenters. The van der Waals surface area contributed by atoms with Crippen LogP contribution in [0.4, 0.5) is 5.69 Å².